The molecule has 28 heavy (non-hydrogen) atoms. The van der Waals surface area contributed by atoms with Crippen molar-refractivity contribution in [1.29, 1.82) is 0 Å². The summed E-state index contributed by atoms with van der Waals surface area (Å²) in [7, 11) is 6.95. The number of nitrogens with zero attached hydrogens (tertiary/aromatic N) is 1. The van der Waals surface area contributed by atoms with Gasteiger partial charge in [0.15, 0.2) is 6.61 Å². The van der Waals surface area contributed by atoms with E-state index in [1.165, 1.54) is 0 Å². The Kier molecular flexibility index (Phi) is 7.26. The van der Waals surface area contributed by atoms with Crippen LogP contribution in [0.2, 0.25) is 0 Å². The van der Waals surface area contributed by atoms with E-state index < -0.39 is 11.9 Å². The normalized spacial score (nSPS) is 11.3. The molecule has 0 radical (unpaired) electrons. The quantitative estimate of drug-likeness (QED) is 0.703. The van der Waals surface area contributed by atoms with E-state index in [4.69, 9.17) is 14.2 Å². The van der Waals surface area contributed by atoms with Crippen molar-refractivity contribution in [2.45, 2.75) is 13.0 Å². The molecule has 0 bridgehead atoms. The molecule has 1 atom stereocenters. The maximum absolute atomic E-state index is 12.2. The third-order valence-electron chi connectivity index (χ3n) is 4.23. The average molecular weight is 386 g/mol. The predicted octanol–water partition coefficient (Wildman–Crippen LogP) is 2.80. The van der Waals surface area contributed by atoms with E-state index in [0.29, 0.717) is 17.1 Å². The number of carbonyl (C=O) groups excluding carboxylic acids is 2. The molecule has 7 nitrogen and oxygen atoms in total. The van der Waals surface area contributed by atoms with Crippen molar-refractivity contribution >= 4 is 17.6 Å². The summed E-state index contributed by atoms with van der Waals surface area (Å²) in [5.41, 5.74) is 2.12. The van der Waals surface area contributed by atoms with Crippen molar-refractivity contribution in [2.24, 2.45) is 0 Å². The molecule has 0 unspecified atom stereocenters. The zero-order valence-electron chi connectivity index (χ0n) is 16.8. The highest BCUT2D eigenvalue weighted by atomic mass is 16.5. The predicted molar refractivity (Wildman–Crippen MR) is 107 cm³/mol. The van der Waals surface area contributed by atoms with Gasteiger partial charge in [-0.3, -0.25) is 4.79 Å². The van der Waals surface area contributed by atoms with E-state index in [1.54, 1.807) is 44.6 Å². The molecule has 7 heteroatoms. The van der Waals surface area contributed by atoms with Crippen molar-refractivity contribution in [3.8, 4) is 11.5 Å². The van der Waals surface area contributed by atoms with E-state index in [0.717, 1.165) is 11.3 Å². The van der Waals surface area contributed by atoms with Crippen LogP contribution in [0.3, 0.4) is 0 Å². The lowest BCUT2D eigenvalue weighted by Crippen LogP contribution is -2.31. The number of esters is 1. The van der Waals surface area contributed by atoms with E-state index >= 15 is 0 Å². The van der Waals surface area contributed by atoms with Gasteiger partial charge in [0.1, 0.15) is 11.5 Å². The van der Waals surface area contributed by atoms with Crippen LogP contribution < -0.4 is 19.7 Å². The van der Waals surface area contributed by atoms with Crippen LogP contribution in [-0.2, 0) is 9.53 Å². The number of hydrogen-bond acceptors (Lipinski definition) is 6. The number of carbonyl (C=O) groups is 2. The lowest BCUT2D eigenvalue weighted by molar-refractivity contribution is -0.124. The minimum Gasteiger partial charge on any atom is -0.497 e. The molecule has 1 N–H and O–H groups in total. The largest absolute Gasteiger partial charge is 0.497 e. The zero-order valence-corrected chi connectivity index (χ0v) is 16.8. The number of ether oxygens (including phenoxy) is 3. The molecule has 0 heterocycles. The van der Waals surface area contributed by atoms with Crippen molar-refractivity contribution in [3.63, 3.8) is 0 Å². The highest BCUT2D eigenvalue weighted by molar-refractivity contribution is 5.91. The number of anilines is 1. The molecule has 0 aliphatic heterocycles. The second kappa shape index (κ2) is 9.64. The van der Waals surface area contributed by atoms with Crippen LogP contribution in [0.5, 0.6) is 11.5 Å². The smallest absolute Gasteiger partial charge is 0.338 e. The summed E-state index contributed by atoms with van der Waals surface area (Å²) in [4.78, 5) is 26.2. The lowest BCUT2D eigenvalue weighted by atomic mass is 10.1. The molecule has 0 spiro atoms. The Hall–Kier alpha value is -3.22. The fraction of sp³-hybridized carbons (Fsp3) is 0.333. The van der Waals surface area contributed by atoms with Gasteiger partial charge in [-0.2, -0.15) is 0 Å². The summed E-state index contributed by atoms with van der Waals surface area (Å²) in [5, 5.41) is 2.79. The van der Waals surface area contributed by atoms with Gasteiger partial charge in [0.25, 0.3) is 5.91 Å². The highest BCUT2D eigenvalue weighted by Crippen LogP contribution is 2.29. The topological polar surface area (TPSA) is 77.1 Å². The Bertz CT molecular complexity index is 818. The van der Waals surface area contributed by atoms with E-state index in [1.807, 2.05) is 38.1 Å². The van der Waals surface area contributed by atoms with Crippen LogP contribution >= 0.6 is 0 Å². The Balaban J connectivity index is 1.94. The Morgan fingerprint density at radius 3 is 2.29 bits per heavy atom. The van der Waals surface area contributed by atoms with Gasteiger partial charge < -0.3 is 24.4 Å². The molecule has 0 aromatic heterocycles. The van der Waals surface area contributed by atoms with Crippen molar-refractivity contribution in [3.05, 3.63) is 53.6 Å². The van der Waals surface area contributed by atoms with Crippen LogP contribution in [0.25, 0.3) is 0 Å². The summed E-state index contributed by atoms with van der Waals surface area (Å²) in [5.74, 6) is 0.332. The third-order valence-corrected chi connectivity index (χ3v) is 4.23. The van der Waals surface area contributed by atoms with Gasteiger partial charge in [-0.05, 0) is 49.4 Å². The highest BCUT2D eigenvalue weighted by Gasteiger charge is 2.17. The van der Waals surface area contributed by atoms with Crippen LogP contribution in [-0.4, -0.2) is 46.8 Å². The fourth-order valence-electron chi connectivity index (χ4n) is 2.65. The SMILES string of the molecule is COc1ccc(OC)c([C@@H](C)NC(=O)COC(=O)c2ccc(N(C)C)cc2)c1. The molecule has 1 amide bonds. The number of benzene rings is 2. The Morgan fingerprint density at radius 2 is 1.71 bits per heavy atom. The van der Waals surface area contributed by atoms with Crippen molar-refractivity contribution in [1.82, 2.24) is 5.32 Å². The molecule has 0 fully saturated rings. The summed E-state index contributed by atoms with van der Waals surface area (Å²) in [6.07, 6.45) is 0. The monoisotopic (exact) mass is 386 g/mol. The lowest BCUT2D eigenvalue weighted by Gasteiger charge is -2.18. The van der Waals surface area contributed by atoms with E-state index in [-0.39, 0.29) is 12.6 Å². The number of methoxy groups -OCH3 is 2. The second-order valence-corrected chi connectivity index (χ2v) is 6.41. The molecule has 0 aliphatic rings. The number of rotatable bonds is 8. The fourth-order valence-corrected chi connectivity index (χ4v) is 2.65. The first kappa shape index (κ1) is 21.1. The molecule has 150 valence electrons. The van der Waals surface area contributed by atoms with Gasteiger partial charge in [0.2, 0.25) is 0 Å². The van der Waals surface area contributed by atoms with Crippen LogP contribution in [0.1, 0.15) is 28.9 Å². The van der Waals surface area contributed by atoms with Gasteiger partial charge in [-0.1, -0.05) is 0 Å². The molecule has 0 aliphatic carbocycles. The maximum atomic E-state index is 12.2. The van der Waals surface area contributed by atoms with Crippen molar-refractivity contribution in [2.75, 3.05) is 39.8 Å². The zero-order chi connectivity index (χ0) is 20.7. The Labute approximate surface area is 165 Å². The molecule has 2 aromatic rings. The molecular weight excluding hydrogens is 360 g/mol. The first-order valence-electron chi connectivity index (χ1n) is 8.81. The van der Waals surface area contributed by atoms with Gasteiger partial charge in [0, 0.05) is 25.3 Å². The van der Waals surface area contributed by atoms with Gasteiger partial charge in [0.05, 0.1) is 25.8 Å². The molecule has 2 aromatic carbocycles. The first-order chi connectivity index (χ1) is 13.3. The summed E-state index contributed by atoms with van der Waals surface area (Å²) in [6, 6.07) is 12.0. The molecule has 2 rings (SSSR count). The Morgan fingerprint density at radius 1 is 1.04 bits per heavy atom. The van der Waals surface area contributed by atoms with Crippen LogP contribution in [0.15, 0.2) is 42.5 Å². The first-order valence-corrected chi connectivity index (χ1v) is 8.81. The summed E-state index contributed by atoms with van der Waals surface area (Å²) in [6.45, 7) is 1.45. The molecule has 0 saturated carbocycles. The summed E-state index contributed by atoms with van der Waals surface area (Å²) >= 11 is 0. The van der Waals surface area contributed by atoms with Crippen molar-refractivity contribution < 1.29 is 23.8 Å². The van der Waals surface area contributed by atoms with Crippen LogP contribution in [0, 0.1) is 0 Å². The summed E-state index contributed by atoms with van der Waals surface area (Å²) < 4.78 is 15.7. The number of hydrogen-bond donors (Lipinski definition) is 1. The van der Waals surface area contributed by atoms with Crippen LogP contribution in [0.4, 0.5) is 5.69 Å². The van der Waals surface area contributed by atoms with Gasteiger partial charge in [-0.25, -0.2) is 4.79 Å². The minimum atomic E-state index is -0.549. The van der Waals surface area contributed by atoms with E-state index in [9.17, 15) is 9.59 Å². The third kappa shape index (κ3) is 5.39. The van der Waals surface area contributed by atoms with E-state index in [2.05, 4.69) is 5.32 Å². The minimum absolute atomic E-state index is 0.351. The maximum Gasteiger partial charge on any atom is 0.338 e. The number of amides is 1. The molecule has 0 saturated heterocycles. The molecular formula is C21H26N2O5. The van der Waals surface area contributed by atoms with Gasteiger partial charge >= 0.3 is 5.97 Å². The second-order valence-electron chi connectivity index (χ2n) is 6.41. The standard InChI is InChI=1S/C21H26N2O5/c1-14(18-12-17(26-4)10-11-19(18)27-5)22-20(24)13-28-21(25)15-6-8-16(9-7-15)23(2)3/h6-12,14H,13H2,1-5H3,(H,22,24)/t14-/m1/s1. The van der Waals surface area contributed by atoms with Gasteiger partial charge in [-0.15, -0.1) is 0 Å². The number of nitrogens with one attached hydrogen (secondary N) is 1. The average Bonchev–Trinajstić information content (AvgIpc) is 2.71.